The lowest BCUT2D eigenvalue weighted by molar-refractivity contribution is 0.0599. The van der Waals surface area contributed by atoms with Gasteiger partial charge in [-0.15, -0.1) is 0 Å². The fraction of sp³-hybridized carbons (Fsp3) is 0.294. The van der Waals surface area contributed by atoms with Crippen LogP contribution >= 0.6 is 0 Å². The Morgan fingerprint density at radius 3 is 2.64 bits per heavy atom. The van der Waals surface area contributed by atoms with E-state index in [1.54, 1.807) is 26.2 Å². The molecule has 2 aromatic rings. The van der Waals surface area contributed by atoms with Crippen LogP contribution in [0.15, 0.2) is 36.4 Å². The maximum absolute atomic E-state index is 11.5. The Kier molecular flexibility index (Phi) is 5.49. The highest BCUT2D eigenvalue weighted by molar-refractivity contribution is 5.90. The fourth-order valence-electron chi connectivity index (χ4n) is 2.17. The number of benzene rings is 1. The Hall–Kier alpha value is -2.40. The molecule has 0 aliphatic rings. The minimum Gasteiger partial charge on any atom is -0.465 e. The van der Waals surface area contributed by atoms with Gasteiger partial charge in [0.2, 0.25) is 0 Å². The second-order valence-corrected chi connectivity index (χ2v) is 4.93. The van der Waals surface area contributed by atoms with E-state index in [2.05, 4.69) is 16.4 Å². The predicted octanol–water partition coefficient (Wildman–Crippen LogP) is 2.94. The molecule has 0 bridgehead atoms. The van der Waals surface area contributed by atoms with Crippen LogP contribution in [0.4, 0.5) is 5.82 Å². The van der Waals surface area contributed by atoms with Crippen molar-refractivity contribution in [2.75, 3.05) is 19.5 Å². The average molecular weight is 300 g/mol. The van der Waals surface area contributed by atoms with Gasteiger partial charge in [0.25, 0.3) is 0 Å². The summed E-state index contributed by atoms with van der Waals surface area (Å²) in [5.41, 5.74) is 3.40. The highest BCUT2D eigenvalue weighted by Gasteiger charge is 2.10. The zero-order valence-corrected chi connectivity index (χ0v) is 13.1. The Bertz CT molecular complexity index is 656. The summed E-state index contributed by atoms with van der Waals surface area (Å²) in [6.45, 7) is 3.04. The number of pyridine rings is 1. The van der Waals surface area contributed by atoms with Crippen LogP contribution < -0.4 is 5.32 Å². The molecule has 1 aromatic heterocycles. The summed E-state index contributed by atoms with van der Waals surface area (Å²) in [5, 5.41) is 3.25. The molecule has 0 aliphatic carbocycles. The van der Waals surface area contributed by atoms with Crippen molar-refractivity contribution < 1.29 is 14.3 Å². The molecule has 1 aromatic carbocycles. The van der Waals surface area contributed by atoms with Gasteiger partial charge in [-0.1, -0.05) is 24.3 Å². The molecule has 5 heteroatoms. The first-order chi connectivity index (χ1) is 10.6. The second kappa shape index (κ2) is 7.56. The molecule has 2 rings (SSSR count). The van der Waals surface area contributed by atoms with Crippen molar-refractivity contribution in [2.24, 2.45) is 0 Å². The number of nitrogens with zero attached hydrogens (tertiary/aromatic N) is 1. The highest BCUT2D eigenvalue weighted by atomic mass is 16.5. The molecule has 22 heavy (non-hydrogen) atoms. The smallest absolute Gasteiger partial charge is 0.339 e. The quantitative estimate of drug-likeness (QED) is 0.831. The van der Waals surface area contributed by atoms with Crippen molar-refractivity contribution in [3.8, 4) is 0 Å². The van der Waals surface area contributed by atoms with Gasteiger partial charge in [0.15, 0.2) is 0 Å². The van der Waals surface area contributed by atoms with Crippen molar-refractivity contribution in [1.82, 2.24) is 4.98 Å². The van der Waals surface area contributed by atoms with E-state index in [0.29, 0.717) is 24.4 Å². The lowest BCUT2D eigenvalue weighted by atomic mass is 10.1. The predicted molar refractivity (Wildman–Crippen MR) is 84.8 cm³/mol. The molecule has 0 saturated heterocycles. The van der Waals surface area contributed by atoms with E-state index in [-0.39, 0.29) is 5.97 Å². The molecule has 0 atom stereocenters. The number of methoxy groups -OCH3 is 2. The lowest BCUT2D eigenvalue weighted by Crippen LogP contribution is -2.08. The topological polar surface area (TPSA) is 60.5 Å². The molecule has 0 radical (unpaired) electrons. The van der Waals surface area contributed by atoms with Gasteiger partial charge in [-0.25, -0.2) is 9.78 Å². The number of carbonyl (C=O) groups excluding carboxylic acids is 1. The molecule has 0 fully saturated rings. The van der Waals surface area contributed by atoms with Crippen LogP contribution in [0.3, 0.4) is 0 Å². The van der Waals surface area contributed by atoms with E-state index in [4.69, 9.17) is 9.47 Å². The van der Waals surface area contributed by atoms with Gasteiger partial charge >= 0.3 is 5.97 Å². The normalized spacial score (nSPS) is 10.3. The number of aromatic nitrogens is 1. The van der Waals surface area contributed by atoms with Gasteiger partial charge < -0.3 is 14.8 Å². The minimum absolute atomic E-state index is 0.371. The maximum Gasteiger partial charge on any atom is 0.339 e. The number of ether oxygens (including phenoxy) is 2. The highest BCUT2D eigenvalue weighted by Crippen LogP contribution is 2.13. The van der Waals surface area contributed by atoms with E-state index in [1.165, 1.54) is 7.11 Å². The first-order valence-corrected chi connectivity index (χ1v) is 7.00. The number of aryl methyl sites for hydroxylation is 1. The number of carbonyl (C=O) groups is 1. The zero-order chi connectivity index (χ0) is 15.9. The average Bonchev–Trinajstić information content (AvgIpc) is 2.53. The van der Waals surface area contributed by atoms with E-state index in [9.17, 15) is 4.79 Å². The van der Waals surface area contributed by atoms with Gasteiger partial charge in [0.05, 0.1) is 25.0 Å². The van der Waals surface area contributed by atoms with Crippen molar-refractivity contribution in [2.45, 2.75) is 20.1 Å². The van der Waals surface area contributed by atoms with Crippen LogP contribution in [0.2, 0.25) is 0 Å². The van der Waals surface area contributed by atoms with E-state index in [0.717, 1.165) is 16.9 Å². The molecule has 0 unspecified atom stereocenters. The SMILES string of the molecule is COCc1cccc(CNc2ccc(C(=O)OC)c(C)n2)c1. The zero-order valence-electron chi connectivity index (χ0n) is 13.1. The number of rotatable bonds is 6. The summed E-state index contributed by atoms with van der Waals surface area (Å²) >= 11 is 0. The van der Waals surface area contributed by atoms with Crippen molar-refractivity contribution in [3.05, 3.63) is 58.8 Å². The minimum atomic E-state index is -0.371. The third kappa shape index (κ3) is 4.05. The number of nitrogens with one attached hydrogen (secondary N) is 1. The maximum atomic E-state index is 11.5. The summed E-state index contributed by atoms with van der Waals surface area (Å²) in [7, 11) is 3.04. The molecular weight excluding hydrogens is 280 g/mol. The van der Waals surface area contributed by atoms with Crippen LogP contribution in [0.25, 0.3) is 0 Å². The summed E-state index contributed by atoms with van der Waals surface area (Å²) in [4.78, 5) is 15.9. The standard InChI is InChI=1S/C17H20N2O3/c1-12-15(17(20)22-3)7-8-16(19-12)18-10-13-5-4-6-14(9-13)11-21-2/h4-9H,10-11H2,1-3H3,(H,18,19). The van der Waals surface area contributed by atoms with Crippen LogP contribution in [-0.2, 0) is 22.6 Å². The number of anilines is 1. The number of hydrogen-bond acceptors (Lipinski definition) is 5. The molecule has 116 valence electrons. The molecule has 0 aliphatic heterocycles. The summed E-state index contributed by atoms with van der Waals surface area (Å²) in [6.07, 6.45) is 0. The molecular formula is C17H20N2O3. The van der Waals surface area contributed by atoms with Crippen LogP contribution in [-0.4, -0.2) is 25.2 Å². The third-order valence-corrected chi connectivity index (χ3v) is 3.27. The number of hydrogen-bond donors (Lipinski definition) is 1. The molecule has 1 N–H and O–H groups in total. The molecule has 0 amide bonds. The van der Waals surface area contributed by atoms with E-state index < -0.39 is 0 Å². The number of esters is 1. The Morgan fingerprint density at radius 2 is 1.95 bits per heavy atom. The lowest BCUT2D eigenvalue weighted by Gasteiger charge is -2.09. The van der Waals surface area contributed by atoms with Gasteiger partial charge in [-0.2, -0.15) is 0 Å². The first kappa shape index (κ1) is 16.0. The van der Waals surface area contributed by atoms with Gasteiger partial charge in [0.1, 0.15) is 5.82 Å². The van der Waals surface area contributed by atoms with Gasteiger partial charge in [-0.05, 0) is 30.2 Å². The largest absolute Gasteiger partial charge is 0.465 e. The van der Waals surface area contributed by atoms with Crippen LogP contribution in [0.5, 0.6) is 0 Å². The van der Waals surface area contributed by atoms with Gasteiger partial charge in [-0.3, -0.25) is 0 Å². The van der Waals surface area contributed by atoms with E-state index >= 15 is 0 Å². The van der Waals surface area contributed by atoms with E-state index in [1.807, 2.05) is 18.2 Å². The summed E-state index contributed by atoms with van der Waals surface area (Å²) in [6, 6.07) is 11.7. The Morgan fingerprint density at radius 1 is 1.18 bits per heavy atom. The monoisotopic (exact) mass is 300 g/mol. The summed E-state index contributed by atoms with van der Waals surface area (Å²) in [5.74, 6) is 0.353. The van der Waals surface area contributed by atoms with Gasteiger partial charge in [0, 0.05) is 13.7 Å². The van der Waals surface area contributed by atoms with Crippen molar-refractivity contribution >= 4 is 11.8 Å². The third-order valence-electron chi connectivity index (χ3n) is 3.27. The summed E-state index contributed by atoms with van der Waals surface area (Å²) < 4.78 is 9.84. The molecule has 5 nitrogen and oxygen atoms in total. The molecule has 0 spiro atoms. The van der Waals surface area contributed by atoms with Crippen LogP contribution in [0.1, 0.15) is 27.2 Å². The Labute approximate surface area is 130 Å². The van der Waals surface area contributed by atoms with Crippen molar-refractivity contribution in [3.63, 3.8) is 0 Å². The Balaban J connectivity index is 2.04. The second-order valence-electron chi connectivity index (χ2n) is 4.93. The first-order valence-electron chi connectivity index (χ1n) is 7.00. The molecule has 1 heterocycles. The molecule has 0 saturated carbocycles. The fourth-order valence-corrected chi connectivity index (χ4v) is 2.17. The van der Waals surface area contributed by atoms with Crippen molar-refractivity contribution in [1.29, 1.82) is 0 Å². The van der Waals surface area contributed by atoms with Crippen LogP contribution in [0, 0.1) is 6.92 Å².